The first-order chi connectivity index (χ1) is 13.9. The van der Waals surface area contributed by atoms with E-state index < -0.39 is 22.6 Å². The number of furan rings is 1. The van der Waals surface area contributed by atoms with Gasteiger partial charge in [-0.1, -0.05) is 6.42 Å². The van der Waals surface area contributed by atoms with Gasteiger partial charge in [0.15, 0.2) is 0 Å². The summed E-state index contributed by atoms with van der Waals surface area (Å²) in [5.74, 6) is -1.82. The molecule has 1 saturated heterocycles. The number of hydrogen-bond acceptors (Lipinski definition) is 7. The average Bonchev–Trinajstić information content (AvgIpc) is 3.13. The lowest BCUT2D eigenvalue weighted by molar-refractivity contribution is -0.384. The molecule has 1 aliphatic carbocycles. The number of esters is 2. The molecule has 1 aromatic carbocycles. The SMILES string of the molecule is Cc1cc([N+](=O)[O-])ccc1-c1ccc(C=C2C(=O)OC3(CCCCC3)OC2=O)o1. The zero-order chi connectivity index (χ0) is 20.6. The topological polar surface area (TPSA) is 109 Å². The van der Waals surface area contributed by atoms with Crippen molar-refractivity contribution < 1.29 is 28.4 Å². The summed E-state index contributed by atoms with van der Waals surface area (Å²) in [6, 6.07) is 7.72. The Morgan fingerprint density at radius 2 is 1.72 bits per heavy atom. The minimum Gasteiger partial charge on any atom is -0.457 e. The lowest BCUT2D eigenvalue weighted by Crippen LogP contribution is -2.47. The van der Waals surface area contributed by atoms with Gasteiger partial charge < -0.3 is 13.9 Å². The van der Waals surface area contributed by atoms with E-state index in [0.717, 1.165) is 19.3 Å². The van der Waals surface area contributed by atoms with Gasteiger partial charge in [-0.25, -0.2) is 9.59 Å². The van der Waals surface area contributed by atoms with Crippen LogP contribution in [0.3, 0.4) is 0 Å². The number of carbonyl (C=O) groups excluding carboxylic acids is 2. The predicted molar refractivity (Wildman–Crippen MR) is 102 cm³/mol. The first kappa shape index (κ1) is 18.9. The van der Waals surface area contributed by atoms with Crippen molar-refractivity contribution in [1.82, 2.24) is 0 Å². The van der Waals surface area contributed by atoms with E-state index in [4.69, 9.17) is 13.9 Å². The number of hydrogen-bond donors (Lipinski definition) is 0. The molecule has 0 unspecified atom stereocenters. The molecule has 4 rings (SSSR count). The average molecular weight is 397 g/mol. The second-order valence-electron chi connectivity index (χ2n) is 7.27. The van der Waals surface area contributed by atoms with E-state index in [9.17, 15) is 19.7 Å². The third-order valence-electron chi connectivity index (χ3n) is 5.21. The largest absolute Gasteiger partial charge is 0.457 e. The quantitative estimate of drug-likeness (QED) is 0.250. The number of non-ortho nitro benzene ring substituents is 1. The van der Waals surface area contributed by atoms with Gasteiger partial charge in [0.25, 0.3) is 11.5 Å². The second kappa shape index (κ2) is 7.20. The highest BCUT2D eigenvalue weighted by Crippen LogP contribution is 2.37. The number of ether oxygens (including phenoxy) is 2. The van der Waals surface area contributed by atoms with Crippen LogP contribution in [0.15, 0.2) is 40.3 Å². The van der Waals surface area contributed by atoms with Gasteiger partial charge in [-0.3, -0.25) is 10.1 Å². The molecule has 0 N–H and O–H groups in total. The highest BCUT2D eigenvalue weighted by molar-refractivity contribution is 6.18. The van der Waals surface area contributed by atoms with Gasteiger partial charge in [0, 0.05) is 36.6 Å². The van der Waals surface area contributed by atoms with Gasteiger partial charge in [0.05, 0.1) is 4.92 Å². The monoisotopic (exact) mass is 397 g/mol. The Morgan fingerprint density at radius 1 is 1.03 bits per heavy atom. The second-order valence-corrected chi connectivity index (χ2v) is 7.27. The lowest BCUT2D eigenvalue weighted by Gasteiger charge is -2.38. The lowest BCUT2D eigenvalue weighted by atomic mass is 9.93. The molecule has 2 aromatic rings. The Morgan fingerprint density at radius 3 is 2.34 bits per heavy atom. The van der Waals surface area contributed by atoms with Crippen LogP contribution >= 0.6 is 0 Å². The van der Waals surface area contributed by atoms with Crippen molar-refractivity contribution in [2.75, 3.05) is 0 Å². The zero-order valence-electron chi connectivity index (χ0n) is 15.8. The van der Waals surface area contributed by atoms with Crippen molar-refractivity contribution in [1.29, 1.82) is 0 Å². The summed E-state index contributed by atoms with van der Waals surface area (Å²) in [4.78, 5) is 35.3. The molecule has 0 atom stereocenters. The van der Waals surface area contributed by atoms with Gasteiger partial charge in [-0.15, -0.1) is 0 Å². The number of carbonyl (C=O) groups is 2. The standard InChI is InChI=1S/C21H19NO7/c1-13-11-14(22(25)26)5-7-16(13)18-8-6-15(27-18)12-17-19(23)28-21(29-20(17)24)9-3-2-4-10-21/h5-8,11-12H,2-4,9-10H2,1H3. The number of nitro groups is 1. The van der Waals surface area contributed by atoms with Crippen molar-refractivity contribution in [3.8, 4) is 11.3 Å². The third-order valence-corrected chi connectivity index (χ3v) is 5.21. The van der Waals surface area contributed by atoms with E-state index in [2.05, 4.69) is 0 Å². The summed E-state index contributed by atoms with van der Waals surface area (Å²) in [5, 5.41) is 10.9. The molecule has 1 aromatic heterocycles. The Bertz CT molecular complexity index is 1010. The first-order valence-electron chi connectivity index (χ1n) is 9.40. The van der Waals surface area contributed by atoms with E-state index in [1.165, 1.54) is 18.2 Å². The molecule has 0 amide bonds. The summed E-state index contributed by atoms with van der Waals surface area (Å²) < 4.78 is 16.6. The maximum absolute atomic E-state index is 12.4. The van der Waals surface area contributed by atoms with Crippen molar-refractivity contribution in [2.45, 2.75) is 44.8 Å². The van der Waals surface area contributed by atoms with Crippen LogP contribution in [0, 0.1) is 17.0 Å². The van der Waals surface area contributed by atoms with Crippen molar-refractivity contribution in [3.05, 3.63) is 57.3 Å². The Balaban J connectivity index is 1.57. The number of benzene rings is 1. The van der Waals surface area contributed by atoms with Crippen molar-refractivity contribution in [2.24, 2.45) is 0 Å². The fraction of sp³-hybridized carbons (Fsp3) is 0.333. The van der Waals surface area contributed by atoms with E-state index in [1.54, 1.807) is 25.1 Å². The van der Waals surface area contributed by atoms with Crippen LogP contribution in [0.2, 0.25) is 0 Å². The van der Waals surface area contributed by atoms with E-state index in [-0.39, 0.29) is 17.0 Å². The smallest absolute Gasteiger partial charge is 0.349 e. The Kier molecular flexibility index (Phi) is 4.70. The van der Waals surface area contributed by atoms with Crippen LogP contribution in [0.25, 0.3) is 17.4 Å². The summed E-state index contributed by atoms with van der Waals surface area (Å²) in [7, 11) is 0. The molecule has 1 aliphatic heterocycles. The number of nitro benzene ring substituents is 1. The van der Waals surface area contributed by atoms with Crippen LogP contribution < -0.4 is 0 Å². The maximum atomic E-state index is 12.4. The van der Waals surface area contributed by atoms with Gasteiger partial charge in [-0.05, 0) is 43.5 Å². The molecule has 8 nitrogen and oxygen atoms in total. The van der Waals surface area contributed by atoms with E-state index in [0.29, 0.717) is 29.7 Å². The minimum atomic E-state index is -1.13. The van der Waals surface area contributed by atoms with Crippen LogP contribution in [0.5, 0.6) is 0 Å². The molecule has 1 saturated carbocycles. The fourth-order valence-corrected chi connectivity index (χ4v) is 3.72. The zero-order valence-corrected chi connectivity index (χ0v) is 15.8. The van der Waals surface area contributed by atoms with Crippen LogP contribution in [0.1, 0.15) is 43.4 Å². The molecule has 2 aliphatic rings. The molecule has 150 valence electrons. The number of aryl methyl sites for hydroxylation is 1. The molecular weight excluding hydrogens is 378 g/mol. The van der Waals surface area contributed by atoms with Gasteiger partial charge >= 0.3 is 11.9 Å². The van der Waals surface area contributed by atoms with Crippen LogP contribution in [-0.4, -0.2) is 22.6 Å². The summed E-state index contributed by atoms with van der Waals surface area (Å²) in [6.07, 6.45) is 5.04. The third kappa shape index (κ3) is 3.65. The minimum absolute atomic E-state index is 0.00974. The van der Waals surface area contributed by atoms with Gasteiger partial charge in [0.1, 0.15) is 17.1 Å². The van der Waals surface area contributed by atoms with Crippen molar-refractivity contribution >= 4 is 23.7 Å². The maximum Gasteiger partial charge on any atom is 0.349 e. The molecule has 0 bridgehead atoms. The normalized spacial score (nSPS) is 18.3. The highest BCUT2D eigenvalue weighted by Gasteiger charge is 2.46. The van der Waals surface area contributed by atoms with Gasteiger partial charge in [0.2, 0.25) is 0 Å². The summed E-state index contributed by atoms with van der Waals surface area (Å²) in [5.41, 5.74) is 1.12. The Hall–Kier alpha value is -3.42. The molecule has 2 fully saturated rings. The first-order valence-corrected chi connectivity index (χ1v) is 9.40. The van der Waals surface area contributed by atoms with E-state index in [1.807, 2.05) is 0 Å². The summed E-state index contributed by atoms with van der Waals surface area (Å²) in [6.45, 7) is 1.74. The highest BCUT2D eigenvalue weighted by atomic mass is 16.7. The predicted octanol–water partition coefficient (Wildman–Crippen LogP) is 4.31. The fourth-order valence-electron chi connectivity index (χ4n) is 3.72. The van der Waals surface area contributed by atoms with Crippen LogP contribution in [-0.2, 0) is 19.1 Å². The number of nitrogens with zero attached hydrogens (tertiary/aromatic N) is 1. The molecule has 1 spiro atoms. The molecule has 2 heterocycles. The molecule has 0 radical (unpaired) electrons. The molecule has 29 heavy (non-hydrogen) atoms. The molecule has 8 heteroatoms. The van der Waals surface area contributed by atoms with Crippen LogP contribution in [0.4, 0.5) is 5.69 Å². The van der Waals surface area contributed by atoms with Gasteiger partial charge in [-0.2, -0.15) is 0 Å². The molecular formula is C21H19NO7. The van der Waals surface area contributed by atoms with E-state index >= 15 is 0 Å². The summed E-state index contributed by atoms with van der Waals surface area (Å²) >= 11 is 0. The van der Waals surface area contributed by atoms with Crippen molar-refractivity contribution in [3.63, 3.8) is 0 Å². The number of rotatable bonds is 3. The Labute approximate surface area is 166 Å².